The molecule has 0 aliphatic carbocycles. The quantitative estimate of drug-likeness (QED) is 0.796. The van der Waals surface area contributed by atoms with Gasteiger partial charge in [-0.1, -0.05) is 25.1 Å². The summed E-state index contributed by atoms with van der Waals surface area (Å²) in [7, 11) is 0. The molecule has 1 saturated heterocycles. The third kappa shape index (κ3) is 2.98. The number of hydrogen-bond donors (Lipinski definition) is 0. The van der Waals surface area contributed by atoms with Gasteiger partial charge in [0.1, 0.15) is 0 Å². The number of carbonyl (C=O) groups is 1. The molecule has 1 aromatic heterocycles. The summed E-state index contributed by atoms with van der Waals surface area (Å²) in [5.41, 5.74) is 4.69. The van der Waals surface area contributed by atoms with Gasteiger partial charge in [0.15, 0.2) is 5.78 Å². The van der Waals surface area contributed by atoms with Crippen LogP contribution in [0.4, 0.5) is 0 Å². The maximum atomic E-state index is 12.4. The standard InChI is InChI=1S/C20H26N2O/c1-4-11-21-12-10-20(23)16(14-21)13-18-15(3)22(5-2)19-9-7-6-8-17(18)19/h6-9,13H,4-5,10-12,14H2,1-3H3/b16-13+. The second-order valence-corrected chi connectivity index (χ2v) is 6.38. The van der Waals surface area contributed by atoms with E-state index < -0.39 is 0 Å². The molecule has 0 saturated carbocycles. The van der Waals surface area contributed by atoms with E-state index in [0.717, 1.165) is 38.2 Å². The predicted molar refractivity (Wildman–Crippen MR) is 96.7 cm³/mol. The van der Waals surface area contributed by atoms with Crippen LogP contribution in [0.15, 0.2) is 29.8 Å². The molecule has 2 aromatic rings. The molecule has 3 rings (SSSR count). The first-order chi connectivity index (χ1) is 11.2. The number of likely N-dealkylation sites (tertiary alicyclic amines) is 1. The number of aryl methyl sites for hydroxylation is 1. The molecule has 1 aliphatic rings. The van der Waals surface area contributed by atoms with Gasteiger partial charge in [-0.05, 0) is 39.0 Å². The number of ketones is 1. The smallest absolute Gasteiger partial charge is 0.161 e. The zero-order valence-electron chi connectivity index (χ0n) is 14.4. The summed E-state index contributed by atoms with van der Waals surface area (Å²) in [5, 5.41) is 1.25. The Balaban J connectivity index is 2.06. The largest absolute Gasteiger partial charge is 0.345 e. The Hall–Kier alpha value is -1.87. The lowest BCUT2D eigenvalue weighted by Crippen LogP contribution is -2.36. The highest BCUT2D eigenvalue weighted by Gasteiger charge is 2.22. The average molecular weight is 310 g/mol. The van der Waals surface area contributed by atoms with Crippen molar-refractivity contribution < 1.29 is 4.79 Å². The van der Waals surface area contributed by atoms with Crippen LogP contribution >= 0.6 is 0 Å². The van der Waals surface area contributed by atoms with Crippen LogP contribution in [0.5, 0.6) is 0 Å². The van der Waals surface area contributed by atoms with E-state index in [1.807, 2.05) is 0 Å². The Morgan fingerprint density at radius 2 is 2.00 bits per heavy atom. The van der Waals surface area contributed by atoms with Crippen LogP contribution in [-0.2, 0) is 11.3 Å². The normalized spacial score (nSPS) is 18.2. The molecule has 0 amide bonds. The van der Waals surface area contributed by atoms with Crippen molar-refractivity contribution in [3.05, 3.63) is 41.1 Å². The Bertz CT molecular complexity index is 754. The van der Waals surface area contributed by atoms with Crippen LogP contribution in [0.1, 0.15) is 37.9 Å². The fourth-order valence-electron chi connectivity index (χ4n) is 3.68. The van der Waals surface area contributed by atoms with E-state index >= 15 is 0 Å². The van der Waals surface area contributed by atoms with Crippen LogP contribution in [0, 0.1) is 6.92 Å². The average Bonchev–Trinajstić information content (AvgIpc) is 2.82. The van der Waals surface area contributed by atoms with E-state index in [1.165, 1.54) is 22.2 Å². The lowest BCUT2D eigenvalue weighted by Gasteiger charge is -2.27. The summed E-state index contributed by atoms with van der Waals surface area (Å²) >= 11 is 0. The molecular formula is C20H26N2O. The van der Waals surface area contributed by atoms with Gasteiger partial charge >= 0.3 is 0 Å². The number of Topliss-reactive ketones (excluding diaryl/α,β-unsaturated/α-hetero) is 1. The molecule has 0 N–H and O–H groups in total. The van der Waals surface area contributed by atoms with Crippen molar-refractivity contribution in [2.75, 3.05) is 19.6 Å². The lowest BCUT2D eigenvalue weighted by molar-refractivity contribution is -0.117. The molecule has 0 bridgehead atoms. The zero-order valence-corrected chi connectivity index (χ0v) is 14.4. The van der Waals surface area contributed by atoms with Crippen molar-refractivity contribution >= 4 is 22.8 Å². The number of carbonyl (C=O) groups excluding carboxylic acids is 1. The van der Waals surface area contributed by atoms with Gasteiger partial charge in [-0.15, -0.1) is 0 Å². The summed E-state index contributed by atoms with van der Waals surface area (Å²) in [5.74, 6) is 0.310. The second kappa shape index (κ2) is 6.71. The fourth-order valence-corrected chi connectivity index (χ4v) is 3.68. The minimum absolute atomic E-state index is 0.310. The number of benzene rings is 1. The van der Waals surface area contributed by atoms with Crippen molar-refractivity contribution in [2.45, 2.75) is 40.2 Å². The zero-order chi connectivity index (χ0) is 16.4. The highest BCUT2D eigenvalue weighted by molar-refractivity contribution is 6.03. The molecule has 23 heavy (non-hydrogen) atoms. The van der Waals surface area contributed by atoms with Crippen molar-refractivity contribution in [3.63, 3.8) is 0 Å². The van der Waals surface area contributed by atoms with Crippen LogP contribution in [0.25, 0.3) is 17.0 Å². The van der Waals surface area contributed by atoms with Gasteiger partial charge in [-0.25, -0.2) is 0 Å². The van der Waals surface area contributed by atoms with E-state index in [4.69, 9.17) is 0 Å². The third-order valence-corrected chi connectivity index (χ3v) is 4.86. The molecule has 2 heterocycles. The third-order valence-electron chi connectivity index (χ3n) is 4.86. The number of aromatic nitrogens is 1. The van der Waals surface area contributed by atoms with Crippen molar-refractivity contribution in [1.82, 2.24) is 9.47 Å². The van der Waals surface area contributed by atoms with E-state index in [0.29, 0.717) is 12.2 Å². The maximum absolute atomic E-state index is 12.4. The molecule has 3 heteroatoms. The second-order valence-electron chi connectivity index (χ2n) is 6.38. The Labute approximate surface area is 138 Å². The van der Waals surface area contributed by atoms with Crippen molar-refractivity contribution in [2.24, 2.45) is 0 Å². The van der Waals surface area contributed by atoms with Gasteiger partial charge in [-0.2, -0.15) is 0 Å². The number of para-hydroxylation sites is 1. The van der Waals surface area contributed by atoms with E-state index in [1.54, 1.807) is 0 Å². The number of nitrogens with zero attached hydrogens (tertiary/aromatic N) is 2. The lowest BCUT2D eigenvalue weighted by atomic mass is 9.99. The summed E-state index contributed by atoms with van der Waals surface area (Å²) in [6.45, 7) is 10.2. The molecule has 0 atom stereocenters. The molecule has 122 valence electrons. The maximum Gasteiger partial charge on any atom is 0.161 e. The number of hydrogen-bond acceptors (Lipinski definition) is 2. The van der Waals surface area contributed by atoms with E-state index in [9.17, 15) is 4.79 Å². The highest BCUT2D eigenvalue weighted by Crippen LogP contribution is 2.29. The first kappa shape index (κ1) is 16.0. The molecule has 0 unspecified atom stereocenters. The fraction of sp³-hybridized carbons (Fsp3) is 0.450. The first-order valence-electron chi connectivity index (χ1n) is 8.69. The van der Waals surface area contributed by atoms with Crippen molar-refractivity contribution in [1.29, 1.82) is 0 Å². The van der Waals surface area contributed by atoms with Gasteiger partial charge in [-0.3, -0.25) is 9.69 Å². The van der Waals surface area contributed by atoms with E-state index in [2.05, 4.69) is 60.6 Å². The summed E-state index contributed by atoms with van der Waals surface area (Å²) in [6, 6.07) is 8.49. The molecule has 1 fully saturated rings. The Morgan fingerprint density at radius 1 is 1.22 bits per heavy atom. The highest BCUT2D eigenvalue weighted by atomic mass is 16.1. The van der Waals surface area contributed by atoms with Gasteiger partial charge < -0.3 is 4.57 Å². The minimum Gasteiger partial charge on any atom is -0.345 e. The summed E-state index contributed by atoms with van der Waals surface area (Å²) in [6.07, 6.45) is 3.93. The van der Waals surface area contributed by atoms with Gasteiger partial charge in [0.05, 0.1) is 0 Å². The number of fused-ring (bicyclic) bond motifs is 1. The molecule has 1 aliphatic heterocycles. The van der Waals surface area contributed by atoms with Gasteiger partial charge in [0.2, 0.25) is 0 Å². The number of rotatable bonds is 4. The monoisotopic (exact) mass is 310 g/mol. The Kier molecular flexibility index (Phi) is 4.67. The predicted octanol–water partition coefficient (Wildman–Crippen LogP) is 4.04. The number of piperidine rings is 1. The van der Waals surface area contributed by atoms with E-state index in [-0.39, 0.29) is 0 Å². The molecule has 3 nitrogen and oxygen atoms in total. The minimum atomic E-state index is 0.310. The van der Waals surface area contributed by atoms with Crippen LogP contribution in [0.3, 0.4) is 0 Å². The Morgan fingerprint density at radius 3 is 2.74 bits per heavy atom. The topological polar surface area (TPSA) is 25.2 Å². The molecule has 1 aromatic carbocycles. The van der Waals surface area contributed by atoms with Gasteiger partial charge in [0, 0.05) is 53.8 Å². The summed E-state index contributed by atoms with van der Waals surface area (Å²) < 4.78 is 2.33. The van der Waals surface area contributed by atoms with Crippen molar-refractivity contribution in [3.8, 4) is 0 Å². The molecular weight excluding hydrogens is 284 g/mol. The molecule has 0 radical (unpaired) electrons. The van der Waals surface area contributed by atoms with Crippen LogP contribution in [0.2, 0.25) is 0 Å². The van der Waals surface area contributed by atoms with Crippen LogP contribution < -0.4 is 0 Å². The van der Waals surface area contributed by atoms with Gasteiger partial charge in [0.25, 0.3) is 0 Å². The SMILES string of the molecule is CCCN1CCC(=O)/C(=C/c2c(C)n(CC)c3ccccc23)C1. The van der Waals surface area contributed by atoms with Crippen LogP contribution in [-0.4, -0.2) is 34.9 Å². The summed E-state index contributed by atoms with van der Waals surface area (Å²) in [4.78, 5) is 14.8. The molecule has 0 spiro atoms. The first-order valence-corrected chi connectivity index (χ1v) is 8.69.